The standard InChI is InChI=1S/C36H36N2O5/c1-25-22-28(18-19-31(25)42-24-26-12-6-4-7-13-26)34(39)32-33(38(36(41)35(32)40)21-11-20-37(2)3)27-14-10-17-30(23-27)43-29-15-8-5-9-16-29/h4-10,12-19,22-23,33,39H,11,20-21,24H2,1-3H3/b34-32+/t33-/m0/s1. The number of para-hydroxylation sites is 1. The van der Waals surface area contributed by atoms with Crippen molar-refractivity contribution in [3.63, 3.8) is 0 Å². The number of amides is 1. The molecule has 7 heteroatoms. The van der Waals surface area contributed by atoms with E-state index in [2.05, 4.69) is 0 Å². The molecule has 1 atom stereocenters. The zero-order chi connectivity index (χ0) is 30.3. The van der Waals surface area contributed by atoms with Crippen LogP contribution in [0.25, 0.3) is 5.76 Å². The number of ketones is 1. The molecular formula is C36H36N2O5. The first-order chi connectivity index (χ1) is 20.8. The van der Waals surface area contributed by atoms with Gasteiger partial charge >= 0.3 is 0 Å². The van der Waals surface area contributed by atoms with Crippen LogP contribution in [0.2, 0.25) is 0 Å². The summed E-state index contributed by atoms with van der Waals surface area (Å²) in [5, 5.41) is 11.6. The van der Waals surface area contributed by atoms with Gasteiger partial charge in [-0.25, -0.2) is 0 Å². The van der Waals surface area contributed by atoms with Crippen LogP contribution in [-0.2, 0) is 16.2 Å². The highest BCUT2D eigenvalue weighted by Crippen LogP contribution is 2.41. The fourth-order valence-electron chi connectivity index (χ4n) is 5.24. The number of aliphatic hydroxyl groups is 1. The Labute approximate surface area is 252 Å². The molecule has 0 unspecified atom stereocenters. The quantitative estimate of drug-likeness (QED) is 0.121. The number of carbonyl (C=O) groups excluding carboxylic acids is 2. The first-order valence-electron chi connectivity index (χ1n) is 14.4. The van der Waals surface area contributed by atoms with Crippen molar-refractivity contribution in [1.29, 1.82) is 0 Å². The van der Waals surface area contributed by atoms with Crippen molar-refractivity contribution in [1.82, 2.24) is 9.80 Å². The van der Waals surface area contributed by atoms with Gasteiger partial charge in [0, 0.05) is 12.1 Å². The minimum absolute atomic E-state index is 0.0593. The lowest BCUT2D eigenvalue weighted by atomic mass is 9.94. The smallest absolute Gasteiger partial charge is 0.295 e. The average Bonchev–Trinajstić information content (AvgIpc) is 3.26. The molecule has 220 valence electrons. The number of carbonyl (C=O) groups is 2. The van der Waals surface area contributed by atoms with E-state index in [4.69, 9.17) is 9.47 Å². The van der Waals surface area contributed by atoms with Gasteiger partial charge in [0.25, 0.3) is 11.7 Å². The Morgan fingerprint density at radius 1 is 0.860 bits per heavy atom. The monoisotopic (exact) mass is 576 g/mol. The number of hydrogen-bond donors (Lipinski definition) is 1. The summed E-state index contributed by atoms with van der Waals surface area (Å²) in [7, 11) is 3.93. The first kappa shape index (κ1) is 29.6. The van der Waals surface area contributed by atoms with E-state index >= 15 is 0 Å². The lowest BCUT2D eigenvalue weighted by Crippen LogP contribution is -2.32. The topological polar surface area (TPSA) is 79.3 Å². The molecule has 0 aromatic heterocycles. The van der Waals surface area contributed by atoms with Gasteiger partial charge in [0.1, 0.15) is 29.6 Å². The van der Waals surface area contributed by atoms with E-state index in [0.717, 1.165) is 17.7 Å². The third kappa shape index (κ3) is 6.96. The summed E-state index contributed by atoms with van der Waals surface area (Å²) in [5.41, 5.74) is 3.02. The predicted octanol–water partition coefficient (Wildman–Crippen LogP) is 6.74. The molecule has 0 radical (unpaired) electrons. The van der Waals surface area contributed by atoms with Gasteiger partial charge in [0.15, 0.2) is 0 Å². The molecule has 1 saturated heterocycles. The van der Waals surface area contributed by atoms with Gasteiger partial charge in [0.05, 0.1) is 11.6 Å². The third-order valence-electron chi connectivity index (χ3n) is 7.38. The van der Waals surface area contributed by atoms with E-state index in [1.165, 1.54) is 0 Å². The van der Waals surface area contributed by atoms with Crippen LogP contribution in [0.4, 0.5) is 0 Å². The molecular weight excluding hydrogens is 540 g/mol. The van der Waals surface area contributed by atoms with E-state index < -0.39 is 17.7 Å². The van der Waals surface area contributed by atoms with Gasteiger partial charge in [-0.15, -0.1) is 0 Å². The van der Waals surface area contributed by atoms with Crippen molar-refractivity contribution in [2.45, 2.75) is 26.0 Å². The highest BCUT2D eigenvalue weighted by Gasteiger charge is 2.46. The van der Waals surface area contributed by atoms with E-state index in [1.807, 2.05) is 111 Å². The van der Waals surface area contributed by atoms with Crippen LogP contribution in [-0.4, -0.2) is 53.8 Å². The van der Waals surface area contributed by atoms with Crippen molar-refractivity contribution in [3.05, 3.63) is 131 Å². The molecule has 4 aromatic carbocycles. The number of benzene rings is 4. The molecule has 0 aliphatic carbocycles. The molecule has 43 heavy (non-hydrogen) atoms. The van der Waals surface area contributed by atoms with Gasteiger partial charge in [-0.2, -0.15) is 0 Å². The zero-order valence-electron chi connectivity index (χ0n) is 24.7. The number of Topliss-reactive ketones (excluding diaryl/α,β-unsaturated/α-hetero) is 1. The van der Waals surface area contributed by atoms with Crippen molar-refractivity contribution in [2.24, 2.45) is 0 Å². The lowest BCUT2D eigenvalue weighted by molar-refractivity contribution is -0.139. The Balaban J connectivity index is 1.49. The third-order valence-corrected chi connectivity index (χ3v) is 7.38. The normalized spacial score (nSPS) is 16.1. The maximum Gasteiger partial charge on any atom is 0.295 e. The zero-order valence-corrected chi connectivity index (χ0v) is 24.7. The SMILES string of the molecule is Cc1cc(/C(O)=C2\C(=O)C(=O)N(CCCN(C)C)[C@H]2c2cccc(Oc3ccccc3)c2)ccc1OCc1ccccc1. The number of aryl methyl sites for hydroxylation is 1. The van der Waals surface area contributed by atoms with Crippen LogP contribution in [0.15, 0.2) is 109 Å². The Morgan fingerprint density at radius 3 is 2.26 bits per heavy atom. The molecule has 7 nitrogen and oxygen atoms in total. The van der Waals surface area contributed by atoms with Crippen LogP contribution >= 0.6 is 0 Å². The Hall–Kier alpha value is -4.88. The maximum atomic E-state index is 13.5. The maximum absolute atomic E-state index is 13.5. The van der Waals surface area contributed by atoms with E-state index in [9.17, 15) is 14.7 Å². The van der Waals surface area contributed by atoms with Gasteiger partial charge in [-0.1, -0.05) is 60.7 Å². The minimum Gasteiger partial charge on any atom is -0.507 e. The summed E-state index contributed by atoms with van der Waals surface area (Å²) in [5.74, 6) is 0.364. The van der Waals surface area contributed by atoms with Crippen LogP contribution in [0, 0.1) is 6.92 Å². The van der Waals surface area contributed by atoms with Crippen molar-refractivity contribution < 1.29 is 24.2 Å². The lowest BCUT2D eigenvalue weighted by Gasteiger charge is -2.26. The van der Waals surface area contributed by atoms with Crippen LogP contribution in [0.1, 0.15) is 34.7 Å². The summed E-state index contributed by atoms with van der Waals surface area (Å²) in [4.78, 5) is 30.5. The summed E-state index contributed by atoms with van der Waals surface area (Å²) < 4.78 is 12.1. The van der Waals surface area contributed by atoms with Crippen molar-refractivity contribution >= 4 is 17.4 Å². The predicted molar refractivity (Wildman–Crippen MR) is 167 cm³/mol. The van der Waals surface area contributed by atoms with Gasteiger partial charge in [-0.3, -0.25) is 9.59 Å². The molecule has 0 saturated carbocycles. The minimum atomic E-state index is -0.768. The van der Waals surface area contributed by atoms with Gasteiger partial charge < -0.3 is 24.4 Å². The molecule has 1 fully saturated rings. The molecule has 1 aliphatic heterocycles. The molecule has 5 rings (SSSR count). The molecule has 4 aromatic rings. The second-order valence-corrected chi connectivity index (χ2v) is 10.9. The van der Waals surface area contributed by atoms with Gasteiger partial charge in [0.2, 0.25) is 0 Å². The fraction of sp³-hybridized carbons (Fsp3) is 0.222. The largest absolute Gasteiger partial charge is 0.507 e. The number of rotatable bonds is 11. The molecule has 1 aliphatic rings. The summed E-state index contributed by atoms with van der Waals surface area (Å²) in [6.07, 6.45) is 0.670. The molecule has 1 amide bonds. The van der Waals surface area contributed by atoms with Crippen LogP contribution < -0.4 is 9.47 Å². The van der Waals surface area contributed by atoms with Crippen LogP contribution in [0.5, 0.6) is 17.2 Å². The van der Waals surface area contributed by atoms with Crippen molar-refractivity contribution in [2.75, 3.05) is 27.2 Å². The molecule has 1 heterocycles. The number of hydrogen-bond acceptors (Lipinski definition) is 6. The Bertz CT molecular complexity index is 1620. The highest BCUT2D eigenvalue weighted by molar-refractivity contribution is 6.46. The number of nitrogens with zero attached hydrogens (tertiary/aromatic N) is 2. The Morgan fingerprint density at radius 2 is 1.56 bits per heavy atom. The summed E-state index contributed by atoms with van der Waals surface area (Å²) >= 11 is 0. The van der Waals surface area contributed by atoms with E-state index in [0.29, 0.717) is 47.9 Å². The first-order valence-corrected chi connectivity index (χ1v) is 14.4. The van der Waals surface area contributed by atoms with Crippen LogP contribution in [0.3, 0.4) is 0 Å². The average molecular weight is 577 g/mol. The highest BCUT2D eigenvalue weighted by atomic mass is 16.5. The fourth-order valence-corrected chi connectivity index (χ4v) is 5.24. The van der Waals surface area contributed by atoms with E-state index in [1.54, 1.807) is 23.1 Å². The number of likely N-dealkylation sites (tertiary alicyclic amines) is 1. The number of ether oxygens (including phenoxy) is 2. The molecule has 0 spiro atoms. The summed E-state index contributed by atoms with van der Waals surface area (Å²) in [6, 6.07) is 31.1. The molecule has 0 bridgehead atoms. The second-order valence-electron chi connectivity index (χ2n) is 10.9. The van der Waals surface area contributed by atoms with Crippen molar-refractivity contribution in [3.8, 4) is 17.2 Å². The molecule has 1 N–H and O–H groups in total. The summed E-state index contributed by atoms with van der Waals surface area (Å²) in [6.45, 7) is 3.40. The van der Waals surface area contributed by atoms with E-state index in [-0.39, 0.29) is 11.3 Å². The number of aliphatic hydroxyl groups excluding tert-OH is 1. The van der Waals surface area contributed by atoms with Gasteiger partial charge in [-0.05, 0) is 93.1 Å². The second kappa shape index (κ2) is 13.4. The Kier molecular flexibility index (Phi) is 9.23.